The molecule has 0 amide bonds. The SMILES string of the molecule is CC(C)(C)SC1=C2C=NC=C[N+]2(N)C(Br)=N1. The number of hydrogen-bond donors (Lipinski definition) is 1. The highest BCUT2D eigenvalue weighted by Crippen LogP contribution is 2.41. The lowest BCUT2D eigenvalue weighted by Crippen LogP contribution is -2.50. The van der Waals surface area contributed by atoms with Crippen LogP contribution in [0.5, 0.6) is 0 Å². The third-order valence-corrected chi connectivity index (χ3v) is 3.97. The summed E-state index contributed by atoms with van der Waals surface area (Å²) in [4.78, 5) is 8.58. The third kappa shape index (κ3) is 2.02. The number of amidine groups is 1. The zero-order chi connectivity index (χ0) is 12.0. The van der Waals surface area contributed by atoms with E-state index in [1.165, 1.54) is 0 Å². The summed E-state index contributed by atoms with van der Waals surface area (Å²) in [5.41, 5.74) is 0.911. The molecule has 0 radical (unpaired) electrons. The Hall–Kier alpha value is -0.430. The second-order valence-corrected chi connectivity index (χ2v) is 7.16. The Bertz CT molecular complexity index is 444. The van der Waals surface area contributed by atoms with Crippen molar-refractivity contribution in [3.8, 4) is 0 Å². The molecule has 2 aliphatic heterocycles. The second-order valence-electron chi connectivity index (χ2n) is 4.64. The third-order valence-electron chi connectivity index (χ3n) is 2.10. The van der Waals surface area contributed by atoms with Gasteiger partial charge in [-0.1, -0.05) is 32.5 Å². The maximum atomic E-state index is 6.23. The molecule has 6 heteroatoms. The maximum absolute atomic E-state index is 6.23. The number of nitrogens with zero attached hydrogens (tertiary/aromatic N) is 3. The highest BCUT2D eigenvalue weighted by atomic mass is 79.9. The molecule has 2 aliphatic rings. The number of rotatable bonds is 1. The molecule has 0 saturated carbocycles. The summed E-state index contributed by atoms with van der Waals surface area (Å²) in [7, 11) is 0. The quantitative estimate of drug-likeness (QED) is 0.460. The smallest absolute Gasteiger partial charge is 0.253 e. The number of fused-ring (bicyclic) bond motifs is 1. The number of nitrogens with two attached hydrogens (primary N) is 1. The van der Waals surface area contributed by atoms with Crippen LogP contribution in [0.2, 0.25) is 0 Å². The van der Waals surface area contributed by atoms with E-state index in [1.807, 2.05) is 0 Å². The van der Waals surface area contributed by atoms with Gasteiger partial charge in [-0.25, -0.2) is 0 Å². The minimum absolute atomic E-state index is 0.0852. The summed E-state index contributed by atoms with van der Waals surface area (Å²) in [6, 6.07) is 0. The Kier molecular flexibility index (Phi) is 2.86. The molecule has 2 N–H and O–H groups in total. The van der Waals surface area contributed by atoms with E-state index < -0.39 is 0 Å². The monoisotopic (exact) mass is 301 g/mol. The van der Waals surface area contributed by atoms with Gasteiger partial charge >= 0.3 is 4.74 Å². The first kappa shape index (κ1) is 12.0. The van der Waals surface area contributed by atoms with Crippen LogP contribution in [-0.4, -0.2) is 20.3 Å². The highest BCUT2D eigenvalue weighted by molar-refractivity contribution is 9.18. The molecular weight excluding hydrogens is 288 g/mol. The largest absolute Gasteiger partial charge is 0.301 e. The minimum atomic E-state index is 0.0852. The Morgan fingerprint density at radius 2 is 2.12 bits per heavy atom. The molecular formula is C10H14BrN4S+. The Morgan fingerprint density at radius 1 is 1.44 bits per heavy atom. The van der Waals surface area contributed by atoms with Gasteiger partial charge in [0.2, 0.25) is 5.70 Å². The van der Waals surface area contributed by atoms with Crippen molar-refractivity contribution in [2.24, 2.45) is 15.8 Å². The standard InChI is InChI=1S/C10H14BrN4S/c1-10(2,3)16-8-7-6-13-4-5-15(7,12)9(11)14-8/h4-6H,12H2,1-3H3/q+1. The Labute approximate surface area is 108 Å². The topological polar surface area (TPSA) is 50.7 Å². The Morgan fingerprint density at radius 3 is 2.75 bits per heavy atom. The van der Waals surface area contributed by atoms with Gasteiger partial charge in [-0.05, 0) is 0 Å². The number of hydrogen-bond acceptors (Lipinski definition) is 4. The predicted molar refractivity (Wildman–Crippen MR) is 72.8 cm³/mol. The molecule has 0 aromatic heterocycles. The van der Waals surface area contributed by atoms with Crippen LogP contribution in [0.15, 0.2) is 33.1 Å². The van der Waals surface area contributed by atoms with Gasteiger partial charge in [0, 0.05) is 20.7 Å². The number of thioether (sulfide) groups is 1. The van der Waals surface area contributed by atoms with E-state index in [2.05, 4.69) is 46.7 Å². The number of allylic oxidation sites excluding steroid dienone is 1. The lowest BCUT2D eigenvalue weighted by Gasteiger charge is -2.23. The normalized spacial score (nSPS) is 28.4. The fourth-order valence-corrected chi connectivity index (χ4v) is 3.02. The molecule has 0 bridgehead atoms. The minimum Gasteiger partial charge on any atom is -0.253 e. The van der Waals surface area contributed by atoms with Crippen molar-refractivity contribution in [3.05, 3.63) is 23.1 Å². The van der Waals surface area contributed by atoms with E-state index in [0.29, 0.717) is 4.74 Å². The van der Waals surface area contributed by atoms with E-state index in [1.54, 1.807) is 30.4 Å². The van der Waals surface area contributed by atoms with Gasteiger partial charge in [0.25, 0.3) is 0 Å². The van der Waals surface area contributed by atoms with Crippen LogP contribution in [0.3, 0.4) is 0 Å². The zero-order valence-corrected chi connectivity index (χ0v) is 11.8. The molecule has 0 aliphatic carbocycles. The van der Waals surface area contributed by atoms with E-state index >= 15 is 0 Å². The average Bonchev–Trinajstić information content (AvgIpc) is 2.37. The highest BCUT2D eigenvalue weighted by Gasteiger charge is 2.43. The van der Waals surface area contributed by atoms with Gasteiger partial charge < -0.3 is 0 Å². The predicted octanol–water partition coefficient (Wildman–Crippen LogP) is 2.70. The average molecular weight is 302 g/mol. The van der Waals surface area contributed by atoms with E-state index in [0.717, 1.165) is 10.7 Å². The van der Waals surface area contributed by atoms with Gasteiger partial charge in [-0.15, -0.1) is 4.59 Å². The van der Waals surface area contributed by atoms with Crippen LogP contribution < -0.4 is 5.84 Å². The van der Waals surface area contributed by atoms with Crippen molar-refractivity contribution in [3.63, 3.8) is 0 Å². The van der Waals surface area contributed by atoms with Crippen molar-refractivity contribution >= 4 is 38.7 Å². The van der Waals surface area contributed by atoms with Crippen molar-refractivity contribution < 1.29 is 4.59 Å². The summed E-state index contributed by atoms with van der Waals surface area (Å²) in [5.74, 6) is 6.23. The molecule has 2 heterocycles. The van der Waals surface area contributed by atoms with Crippen LogP contribution in [0.4, 0.5) is 0 Å². The molecule has 4 nitrogen and oxygen atoms in total. The molecule has 1 unspecified atom stereocenters. The lowest BCUT2D eigenvalue weighted by atomic mass is 10.3. The number of halogens is 1. The van der Waals surface area contributed by atoms with Crippen LogP contribution in [0.25, 0.3) is 0 Å². The van der Waals surface area contributed by atoms with Crippen LogP contribution in [0.1, 0.15) is 20.8 Å². The van der Waals surface area contributed by atoms with Gasteiger partial charge in [0.05, 0.1) is 12.4 Å². The van der Waals surface area contributed by atoms with Crippen molar-refractivity contribution in [2.45, 2.75) is 25.5 Å². The first-order valence-corrected chi connectivity index (χ1v) is 6.51. The molecule has 0 aromatic carbocycles. The van der Waals surface area contributed by atoms with Crippen molar-refractivity contribution in [1.29, 1.82) is 0 Å². The maximum Gasteiger partial charge on any atom is 0.301 e. The Balaban J connectivity index is 2.42. The molecule has 16 heavy (non-hydrogen) atoms. The first-order valence-electron chi connectivity index (χ1n) is 4.90. The summed E-state index contributed by atoms with van der Waals surface area (Å²) in [5, 5.41) is 0.926. The molecule has 1 atom stereocenters. The molecule has 0 saturated heterocycles. The van der Waals surface area contributed by atoms with E-state index in [4.69, 9.17) is 5.84 Å². The zero-order valence-electron chi connectivity index (χ0n) is 9.44. The van der Waals surface area contributed by atoms with Crippen LogP contribution in [0, 0.1) is 0 Å². The molecule has 0 aromatic rings. The molecule has 86 valence electrons. The first-order chi connectivity index (χ1) is 7.33. The number of aliphatic imine (C=N–C) groups is 2. The second kappa shape index (κ2) is 3.80. The molecule has 0 fully saturated rings. The van der Waals surface area contributed by atoms with E-state index in [-0.39, 0.29) is 9.34 Å². The number of quaternary nitrogens is 1. The van der Waals surface area contributed by atoms with Gasteiger partial charge in [-0.3, -0.25) is 4.99 Å². The summed E-state index contributed by atoms with van der Waals surface area (Å²) in [6.07, 6.45) is 5.26. The summed E-state index contributed by atoms with van der Waals surface area (Å²) < 4.78 is 0.877. The van der Waals surface area contributed by atoms with E-state index in [9.17, 15) is 0 Å². The lowest BCUT2D eigenvalue weighted by molar-refractivity contribution is -0.746. The molecule has 2 rings (SSSR count). The summed E-state index contributed by atoms with van der Waals surface area (Å²) in [6.45, 7) is 6.44. The van der Waals surface area contributed by atoms with Crippen LogP contribution in [-0.2, 0) is 0 Å². The molecule has 0 spiro atoms. The van der Waals surface area contributed by atoms with Crippen molar-refractivity contribution in [1.82, 2.24) is 0 Å². The van der Waals surface area contributed by atoms with Gasteiger partial charge in [0.15, 0.2) is 5.03 Å². The fraction of sp³-hybridized carbons (Fsp3) is 0.400. The fourth-order valence-electron chi connectivity index (χ4n) is 1.40. The van der Waals surface area contributed by atoms with Gasteiger partial charge in [-0.2, -0.15) is 10.8 Å². The van der Waals surface area contributed by atoms with Gasteiger partial charge in [0.1, 0.15) is 6.20 Å². The van der Waals surface area contributed by atoms with Crippen molar-refractivity contribution in [2.75, 3.05) is 0 Å². The summed E-state index contributed by atoms with van der Waals surface area (Å²) >= 11 is 5.11. The van der Waals surface area contributed by atoms with Crippen LogP contribution >= 0.6 is 27.7 Å².